The molecule has 30 heavy (non-hydrogen) atoms. The maximum absolute atomic E-state index is 5.74. The predicted octanol–water partition coefficient (Wildman–Crippen LogP) is 5.07. The van der Waals surface area contributed by atoms with Gasteiger partial charge < -0.3 is 28.4 Å². The number of methoxy groups -OCH3 is 6. The van der Waals surface area contributed by atoms with E-state index in [1.165, 1.54) is 0 Å². The zero-order chi connectivity index (χ0) is 21.7. The van der Waals surface area contributed by atoms with Gasteiger partial charge in [0.15, 0.2) is 0 Å². The first-order valence-corrected chi connectivity index (χ1v) is 9.31. The number of hydrogen-bond acceptors (Lipinski definition) is 6. The minimum atomic E-state index is 0.655. The fourth-order valence-corrected chi connectivity index (χ4v) is 3.37. The molecule has 0 aliphatic heterocycles. The SMILES string of the molecule is COc1ccc(OC)c(-c2cc(OC)c(-c3cc(OC)ccc3OC)cc2OC)c1. The highest BCUT2D eigenvalue weighted by atomic mass is 16.5. The quantitative estimate of drug-likeness (QED) is 0.517. The lowest BCUT2D eigenvalue weighted by atomic mass is 9.96. The fraction of sp³-hybridized carbons (Fsp3) is 0.250. The molecule has 3 aromatic rings. The van der Waals surface area contributed by atoms with Crippen LogP contribution in [0.3, 0.4) is 0 Å². The smallest absolute Gasteiger partial charge is 0.127 e. The van der Waals surface area contributed by atoms with Crippen LogP contribution in [0.1, 0.15) is 0 Å². The van der Waals surface area contributed by atoms with E-state index in [9.17, 15) is 0 Å². The van der Waals surface area contributed by atoms with E-state index < -0.39 is 0 Å². The van der Waals surface area contributed by atoms with Crippen LogP contribution in [0, 0.1) is 0 Å². The van der Waals surface area contributed by atoms with Crippen molar-refractivity contribution in [3.63, 3.8) is 0 Å². The van der Waals surface area contributed by atoms with Crippen LogP contribution in [0.25, 0.3) is 22.3 Å². The van der Waals surface area contributed by atoms with Crippen LogP contribution in [0.5, 0.6) is 34.5 Å². The van der Waals surface area contributed by atoms with Crippen molar-refractivity contribution in [1.29, 1.82) is 0 Å². The second-order valence-corrected chi connectivity index (χ2v) is 6.39. The van der Waals surface area contributed by atoms with Crippen molar-refractivity contribution in [2.75, 3.05) is 42.7 Å². The third kappa shape index (κ3) is 3.94. The third-order valence-corrected chi connectivity index (χ3v) is 4.92. The molecule has 0 spiro atoms. The van der Waals surface area contributed by atoms with Gasteiger partial charge in [0.25, 0.3) is 0 Å². The summed E-state index contributed by atoms with van der Waals surface area (Å²) in [5, 5.41) is 0. The summed E-state index contributed by atoms with van der Waals surface area (Å²) in [4.78, 5) is 0. The molecule has 0 atom stereocenters. The fourth-order valence-electron chi connectivity index (χ4n) is 3.37. The van der Waals surface area contributed by atoms with E-state index in [-0.39, 0.29) is 0 Å². The molecule has 0 aromatic heterocycles. The second kappa shape index (κ2) is 9.31. The van der Waals surface area contributed by atoms with Crippen LogP contribution in [-0.2, 0) is 0 Å². The van der Waals surface area contributed by atoms with Crippen molar-refractivity contribution < 1.29 is 28.4 Å². The molecular weight excluding hydrogens is 384 g/mol. The van der Waals surface area contributed by atoms with Gasteiger partial charge in [-0.1, -0.05) is 0 Å². The standard InChI is InChI=1S/C24H26O6/c1-25-15-7-9-21(27-3)17(11-15)19-13-24(30-6)20(14-23(19)29-5)18-12-16(26-2)8-10-22(18)28-4/h7-14H,1-6H3. The Balaban J connectivity index is 2.28. The van der Waals surface area contributed by atoms with Gasteiger partial charge in [0, 0.05) is 22.3 Å². The highest BCUT2D eigenvalue weighted by Gasteiger charge is 2.20. The molecule has 0 aliphatic rings. The maximum atomic E-state index is 5.74. The van der Waals surface area contributed by atoms with Gasteiger partial charge in [-0.15, -0.1) is 0 Å². The van der Waals surface area contributed by atoms with Crippen LogP contribution in [0.4, 0.5) is 0 Å². The Bertz CT molecular complexity index is 945. The molecule has 0 radical (unpaired) electrons. The van der Waals surface area contributed by atoms with E-state index in [0.717, 1.165) is 22.3 Å². The second-order valence-electron chi connectivity index (χ2n) is 6.39. The lowest BCUT2D eigenvalue weighted by Gasteiger charge is -2.19. The van der Waals surface area contributed by atoms with Crippen LogP contribution in [-0.4, -0.2) is 42.7 Å². The molecule has 6 heteroatoms. The lowest BCUT2D eigenvalue weighted by Crippen LogP contribution is -1.97. The monoisotopic (exact) mass is 410 g/mol. The summed E-state index contributed by atoms with van der Waals surface area (Å²) in [7, 11) is 9.77. The first-order valence-electron chi connectivity index (χ1n) is 9.31. The molecule has 3 aromatic carbocycles. The molecule has 0 bridgehead atoms. The molecule has 0 amide bonds. The van der Waals surface area contributed by atoms with Crippen LogP contribution < -0.4 is 28.4 Å². The van der Waals surface area contributed by atoms with Crippen molar-refractivity contribution in [3.05, 3.63) is 48.5 Å². The van der Waals surface area contributed by atoms with Crippen LogP contribution in [0.15, 0.2) is 48.5 Å². The molecule has 0 saturated carbocycles. The van der Waals surface area contributed by atoms with Crippen molar-refractivity contribution >= 4 is 0 Å². The van der Waals surface area contributed by atoms with E-state index in [4.69, 9.17) is 28.4 Å². The van der Waals surface area contributed by atoms with Gasteiger partial charge in [0.2, 0.25) is 0 Å². The highest BCUT2D eigenvalue weighted by Crippen LogP contribution is 2.46. The summed E-state index contributed by atoms with van der Waals surface area (Å²) in [5.74, 6) is 4.13. The molecule has 6 nitrogen and oxygen atoms in total. The number of rotatable bonds is 8. The van der Waals surface area contributed by atoms with Crippen LogP contribution >= 0.6 is 0 Å². The summed E-state index contributed by atoms with van der Waals surface area (Å²) in [6.45, 7) is 0. The van der Waals surface area contributed by atoms with E-state index in [2.05, 4.69) is 0 Å². The topological polar surface area (TPSA) is 55.4 Å². The first-order chi connectivity index (χ1) is 14.6. The van der Waals surface area contributed by atoms with E-state index >= 15 is 0 Å². The predicted molar refractivity (Wildman–Crippen MR) is 117 cm³/mol. The number of benzene rings is 3. The normalized spacial score (nSPS) is 10.3. The third-order valence-electron chi connectivity index (χ3n) is 4.92. The zero-order valence-electron chi connectivity index (χ0n) is 18.1. The number of ether oxygens (including phenoxy) is 6. The Morgan fingerprint density at radius 1 is 0.367 bits per heavy atom. The Morgan fingerprint density at radius 2 is 0.700 bits per heavy atom. The minimum Gasteiger partial charge on any atom is -0.497 e. The summed E-state index contributed by atoms with van der Waals surface area (Å²) in [5.41, 5.74) is 3.29. The van der Waals surface area contributed by atoms with Gasteiger partial charge in [0.05, 0.1) is 42.7 Å². The Hall–Kier alpha value is -3.54. The lowest BCUT2D eigenvalue weighted by molar-refractivity contribution is 0.398. The summed E-state index contributed by atoms with van der Waals surface area (Å²) < 4.78 is 33.4. The van der Waals surface area contributed by atoms with E-state index in [0.29, 0.717) is 34.5 Å². The molecule has 158 valence electrons. The molecule has 0 fully saturated rings. The largest absolute Gasteiger partial charge is 0.497 e. The average molecular weight is 410 g/mol. The molecule has 3 rings (SSSR count). The summed E-state index contributed by atoms with van der Waals surface area (Å²) >= 11 is 0. The maximum Gasteiger partial charge on any atom is 0.127 e. The molecule has 0 aliphatic carbocycles. The number of hydrogen-bond donors (Lipinski definition) is 0. The van der Waals surface area contributed by atoms with Gasteiger partial charge >= 0.3 is 0 Å². The zero-order valence-corrected chi connectivity index (χ0v) is 18.1. The van der Waals surface area contributed by atoms with Gasteiger partial charge in [0.1, 0.15) is 34.5 Å². The van der Waals surface area contributed by atoms with Gasteiger partial charge in [-0.05, 0) is 48.5 Å². The minimum absolute atomic E-state index is 0.655. The summed E-state index contributed by atoms with van der Waals surface area (Å²) in [6, 6.07) is 15.1. The Labute approximate surface area is 176 Å². The van der Waals surface area contributed by atoms with Gasteiger partial charge in [-0.3, -0.25) is 0 Å². The molecular formula is C24H26O6. The Kier molecular flexibility index (Phi) is 6.57. The first kappa shape index (κ1) is 21.2. The van der Waals surface area contributed by atoms with Crippen LogP contribution in [0.2, 0.25) is 0 Å². The molecule has 0 N–H and O–H groups in total. The van der Waals surface area contributed by atoms with Crippen molar-refractivity contribution in [2.24, 2.45) is 0 Å². The average Bonchev–Trinajstić information content (AvgIpc) is 2.82. The van der Waals surface area contributed by atoms with Crippen molar-refractivity contribution in [1.82, 2.24) is 0 Å². The van der Waals surface area contributed by atoms with E-state index in [1.807, 2.05) is 48.5 Å². The molecule has 0 unspecified atom stereocenters. The molecule has 0 heterocycles. The van der Waals surface area contributed by atoms with E-state index in [1.54, 1.807) is 42.7 Å². The summed E-state index contributed by atoms with van der Waals surface area (Å²) in [6.07, 6.45) is 0. The van der Waals surface area contributed by atoms with Crippen molar-refractivity contribution in [3.8, 4) is 56.8 Å². The Morgan fingerprint density at radius 3 is 1.00 bits per heavy atom. The van der Waals surface area contributed by atoms with Crippen molar-refractivity contribution in [2.45, 2.75) is 0 Å². The van der Waals surface area contributed by atoms with Gasteiger partial charge in [-0.2, -0.15) is 0 Å². The molecule has 0 saturated heterocycles. The highest BCUT2D eigenvalue weighted by molar-refractivity contribution is 5.86. The van der Waals surface area contributed by atoms with Gasteiger partial charge in [-0.25, -0.2) is 0 Å².